The molecule has 2 aromatic rings. The van der Waals surface area contributed by atoms with Crippen molar-refractivity contribution < 1.29 is 9.59 Å². The maximum absolute atomic E-state index is 12.4. The van der Waals surface area contributed by atoms with Crippen molar-refractivity contribution in [3.8, 4) is 0 Å². The van der Waals surface area contributed by atoms with Gasteiger partial charge in [-0.05, 0) is 13.0 Å². The van der Waals surface area contributed by atoms with Crippen molar-refractivity contribution >= 4 is 17.3 Å². The highest BCUT2D eigenvalue weighted by atomic mass is 16.1. The first kappa shape index (κ1) is 11.5. The normalized spacial score (nSPS) is 13.1. The highest BCUT2D eigenvalue weighted by Crippen LogP contribution is 2.07. The molecule has 1 aliphatic rings. The molecular weight excluding hydrogens is 238 g/mol. The van der Waals surface area contributed by atoms with Crippen LogP contribution < -0.4 is 10.6 Å². The van der Waals surface area contributed by atoms with Gasteiger partial charge in [0.05, 0.1) is 5.36 Å². The van der Waals surface area contributed by atoms with E-state index in [-0.39, 0.29) is 11.7 Å². The Morgan fingerprint density at radius 1 is 1.00 bits per heavy atom. The number of rotatable bonds is 2. The smallest absolute Gasteiger partial charge is 0.273 e. The third-order valence-electron chi connectivity index (χ3n) is 3.25. The quantitative estimate of drug-likeness (QED) is 0.752. The molecule has 3 nitrogen and oxygen atoms in total. The van der Waals surface area contributed by atoms with Gasteiger partial charge in [-0.3, -0.25) is 9.59 Å². The number of amides is 1. The number of hydrogen-bond acceptors (Lipinski definition) is 2. The van der Waals surface area contributed by atoms with Crippen LogP contribution in [0.2, 0.25) is 0 Å². The fourth-order valence-corrected chi connectivity index (χ4v) is 2.20. The van der Waals surface area contributed by atoms with Gasteiger partial charge in [-0.1, -0.05) is 42.5 Å². The number of hydrogen-bond donors (Lipinski definition) is 0. The zero-order valence-corrected chi connectivity index (χ0v) is 10.4. The third-order valence-corrected chi connectivity index (χ3v) is 3.25. The van der Waals surface area contributed by atoms with Gasteiger partial charge in [-0.25, -0.2) is 4.99 Å². The lowest BCUT2D eigenvalue weighted by atomic mass is 10.0. The van der Waals surface area contributed by atoms with E-state index >= 15 is 0 Å². The Balaban J connectivity index is 2.24. The molecular formula is C16H11NO2. The molecule has 3 rings (SSSR count). The lowest BCUT2D eigenvalue weighted by Crippen LogP contribution is -2.29. The van der Waals surface area contributed by atoms with Crippen molar-refractivity contribution in [2.24, 2.45) is 4.99 Å². The van der Waals surface area contributed by atoms with Crippen molar-refractivity contribution in [2.45, 2.75) is 6.92 Å². The minimum Gasteiger partial charge on any atom is -0.289 e. The van der Waals surface area contributed by atoms with Crippen LogP contribution >= 0.6 is 0 Å². The second-order valence-electron chi connectivity index (χ2n) is 4.44. The lowest BCUT2D eigenvalue weighted by molar-refractivity contribution is -0.112. The summed E-state index contributed by atoms with van der Waals surface area (Å²) >= 11 is 0. The number of fused-ring (bicyclic) bond motifs is 1. The Morgan fingerprint density at radius 2 is 1.74 bits per heavy atom. The standard InChI is InChI=1S/C16H11NO2/c1-10-12-8-5-9-13(14(12)17-16(10)19)15(18)11-6-3-2-4-7-11/h2-9H,1H3. The van der Waals surface area contributed by atoms with E-state index in [9.17, 15) is 9.59 Å². The van der Waals surface area contributed by atoms with E-state index in [1.165, 1.54) is 0 Å². The summed E-state index contributed by atoms with van der Waals surface area (Å²) in [6.45, 7) is 1.73. The topological polar surface area (TPSA) is 46.5 Å². The Bertz CT molecular complexity index is 804. The molecule has 0 unspecified atom stereocenters. The van der Waals surface area contributed by atoms with E-state index in [0.29, 0.717) is 22.1 Å². The number of para-hydroxylation sites is 1. The van der Waals surface area contributed by atoms with Gasteiger partial charge in [0.15, 0.2) is 5.78 Å². The summed E-state index contributed by atoms with van der Waals surface area (Å²) in [5.74, 6) is -0.369. The first-order chi connectivity index (χ1) is 9.18. The number of carbonyl (C=O) groups is 2. The molecule has 0 spiro atoms. The molecule has 2 aromatic carbocycles. The molecule has 0 saturated heterocycles. The molecule has 0 aliphatic carbocycles. The number of carbonyl (C=O) groups excluding carboxylic acids is 2. The van der Waals surface area contributed by atoms with E-state index in [0.717, 1.165) is 5.22 Å². The maximum Gasteiger partial charge on any atom is 0.273 e. The fourth-order valence-electron chi connectivity index (χ4n) is 2.20. The lowest BCUT2D eigenvalue weighted by Gasteiger charge is -2.00. The first-order valence-corrected chi connectivity index (χ1v) is 6.01. The van der Waals surface area contributed by atoms with Crippen LogP contribution in [0.15, 0.2) is 53.5 Å². The average Bonchev–Trinajstić information content (AvgIpc) is 2.75. The Hall–Kier alpha value is -2.55. The maximum atomic E-state index is 12.4. The summed E-state index contributed by atoms with van der Waals surface area (Å²) < 4.78 is 0. The van der Waals surface area contributed by atoms with Gasteiger partial charge >= 0.3 is 0 Å². The van der Waals surface area contributed by atoms with Gasteiger partial charge in [-0.2, -0.15) is 0 Å². The van der Waals surface area contributed by atoms with Crippen LogP contribution in [0.5, 0.6) is 0 Å². The van der Waals surface area contributed by atoms with Crippen LogP contribution in [-0.4, -0.2) is 11.7 Å². The molecule has 0 atom stereocenters. The SMILES string of the molecule is CC1=c2cccc(C(=O)c3ccccc3)c2=NC1=O. The van der Waals surface area contributed by atoms with Crippen LogP contribution in [0.1, 0.15) is 22.8 Å². The summed E-state index contributed by atoms with van der Waals surface area (Å²) in [5, 5.41) is 1.26. The Kier molecular flexibility index (Phi) is 2.60. The van der Waals surface area contributed by atoms with E-state index < -0.39 is 0 Å². The van der Waals surface area contributed by atoms with Gasteiger partial charge in [0, 0.05) is 21.9 Å². The summed E-state index contributed by atoms with van der Waals surface area (Å²) in [7, 11) is 0. The van der Waals surface area contributed by atoms with Crippen molar-refractivity contribution in [3.63, 3.8) is 0 Å². The zero-order chi connectivity index (χ0) is 13.4. The predicted molar refractivity (Wildman–Crippen MR) is 71.2 cm³/mol. The van der Waals surface area contributed by atoms with Crippen LogP contribution in [0, 0.1) is 0 Å². The molecule has 92 valence electrons. The highest BCUT2D eigenvalue weighted by molar-refractivity contribution is 6.16. The van der Waals surface area contributed by atoms with Gasteiger partial charge in [-0.15, -0.1) is 0 Å². The number of ketones is 1. The largest absolute Gasteiger partial charge is 0.289 e. The number of benzene rings is 2. The van der Waals surface area contributed by atoms with E-state index in [1.54, 1.807) is 31.2 Å². The average molecular weight is 249 g/mol. The second kappa shape index (κ2) is 4.28. The van der Waals surface area contributed by atoms with Crippen molar-refractivity contribution in [3.05, 3.63) is 70.2 Å². The van der Waals surface area contributed by atoms with E-state index in [1.807, 2.05) is 24.3 Å². The fraction of sp³-hybridized carbons (Fsp3) is 0.0625. The van der Waals surface area contributed by atoms with Gasteiger partial charge in [0.25, 0.3) is 5.91 Å². The summed E-state index contributed by atoms with van der Waals surface area (Å²) in [6, 6.07) is 14.3. The van der Waals surface area contributed by atoms with Gasteiger partial charge in [0.2, 0.25) is 0 Å². The van der Waals surface area contributed by atoms with Crippen molar-refractivity contribution in [1.29, 1.82) is 0 Å². The summed E-state index contributed by atoms with van der Waals surface area (Å²) in [6.07, 6.45) is 0. The van der Waals surface area contributed by atoms with E-state index in [4.69, 9.17) is 0 Å². The van der Waals surface area contributed by atoms with Crippen LogP contribution in [-0.2, 0) is 4.79 Å². The third kappa shape index (κ3) is 1.80. The second-order valence-corrected chi connectivity index (χ2v) is 4.44. The van der Waals surface area contributed by atoms with Gasteiger partial charge in [0.1, 0.15) is 0 Å². The first-order valence-electron chi connectivity index (χ1n) is 6.01. The number of nitrogens with zero attached hydrogens (tertiary/aromatic N) is 1. The molecule has 1 aliphatic heterocycles. The van der Waals surface area contributed by atoms with Gasteiger partial charge < -0.3 is 0 Å². The monoisotopic (exact) mass is 249 g/mol. The molecule has 0 saturated carbocycles. The minimum atomic E-state index is -0.261. The highest BCUT2D eigenvalue weighted by Gasteiger charge is 2.18. The van der Waals surface area contributed by atoms with Crippen molar-refractivity contribution in [1.82, 2.24) is 0 Å². The molecule has 0 radical (unpaired) electrons. The molecule has 0 bridgehead atoms. The molecule has 0 fully saturated rings. The summed E-state index contributed by atoms with van der Waals surface area (Å²) in [5.41, 5.74) is 1.68. The molecule has 1 heterocycles. The van der Waals surface area contributed by atoms with E-state index in [2.05, 4.69) is 4.99 Å². The molecule has 19 heavy (non-hydrogen) atoms. The Labute approximate surface area is 109 Å². The molecule has 1 amide bonds. The molecule has 0 aromatic heterocycles. The van der Waals surface area contributed by atoms with Crippen LogP contribution in [0.3, 0.4) is 0 Å². The Morgan fingerprint density at radius 3 is 2.47 bits per heavy atom. The summed E-state index contributed by atoms with van der Waals surface area (Å²) in [4.78, 5) is 28.0. The van der Waals surface area contributed by atoms with Crippen molar-refractivity contribution in [2.75, 3.05) is 0 Å². The van der Waals surface area contributed by atoms with Crippen LogP contribution in [0.25, 0.3) is 5.57 Å². The zero-order valence-electron chi connectivity index (χ0n) is 10.4. The predicted octanol–water partition coefficient (Wildman–Crippen LogP) is 1.25. The minimum absolute atomic E-state index is 0.108. The molecule has 0 N–H and O–H groups in total. The van der Waals surface area contributed by atoms with Crippen LogP contribution in [0.4, 0.5) is 0 Å². The molecule has 3 heteroatoms.